The Balaban J connectivity index is 3.60. The molecule has 0 rings (SSSR count). The maximum Gasteiger partial charge on any atom is 0.307 e. The molecule has 0 aromatic heterocycles. The summed E-state index contributed by atoms with van der Waals surface area (Å²) >= 11 is 0. The molecule has 5 nitrogen and oxygen atoms in total. The van der Waals surface area contributed by atoms with Gasteiger partial charge in [0.05, 0.1) is 27.6 Å². The molecule has 0 saturated carbocycles. The molecule has 0 aliphatic rings. The highest BCUT2D eigenvalue weighted by molar-refractivity contribution is 5.71. The molecule has 0 fully saturated rings. The molecule has 0 amide bonds. The van der Waals surface area contributed by atoms with Crippen LogP contribution >= 0.6 is 0 Å². The van der Waals surface area contributed by atoms with Gasteiger partial charge in [0.25, 0.3) is 0 Å². The van der Waals surface area contributed by atoms with Crippen LogP contribution in [0.4, 0.5) is 0 Å². The monoisotopic (exact) mass is 498 g/mol. The van der Waals surface area contributed by atoms with Crippen molar-refractivity contribution in [1.82, 2.24) is 0 Å². The molecule has 0 aromatic rings. The minimum atomic E-state index is -0.923. The van der Waals surface area contributed by atoms with Crippen molar-refractivity contribution in [2.75, 3.05) is 27.7 Å². The number of quaternary nitrogens is 1. The molecule has 0 heterocycles. The SMILES string of the molecule is CCCCCCCCCCCCCCCCCCC(C)CCC(=O)OC(CC(=O)O)C[N+](C)(C)C. The Kier molecular flexibility index (Phi) is 21.4. The highest BCUT2D eigenvalue weighted by atomic mass is 16.5. The Morgan fingerprint density at radius 3 is 1.54 bits per heavy atom. The Morgan fingerprint density at radius 2 is 1.14 bits per heavy atom. The fourth-order valence-corrected chi connectivity index (χ4v) is 4.74. The van der Waals surface area contributed by atoms with Gasteiger partial charge >= 0.3 is 11.9 Å². The lowest BCUT2D eigenvalue weighted by atomic mass is 9.97. The fraction of sp³-hybridized carbons (Fsp3) is 0.933. The van der Waals surface area contributed by atoms with E-state index in [4.69, 9.17) is 9.84 Å². The van der Waals surface area contributed by atoms with E-state index in [0.717, 1.165) is 12.8 Å². The molecule has 0 aromatic carbocycles. The van der Waals surface area contributed by atoms with Crippen LogP contribution in [0.5, 0.6) is 0 Å². The van der Waals surface area contributed by atoms with E-state index in [9.17, 15) is 9.59 Å². The summed E-state index contributed by atoms with van der Waals surface area (Å²) in [6.45, 7) is 4.99. The van der Waals surface area contributed by atoms with Gasteiger partial charge in [-0.3, -0.25) is 9.59 Å². The molecule has 35 heavy (non-hydrogen) atoms. The van der Waals surface area contributed by atoms with E-state index in [1.54, 1.807) is 0 Å². The van der Waals surface area contributed by atoms with Crippen LogP contribution in [0.1, 0.15) is 142 Å². The standard InChI is InChI=1S/C30H59NO4/c1-6-7-8-9-10-11-12-13-14-15-16-17-18-19-20-21-22-27(2)23-24-30(34)35-28(25-29(32)33)26-31(3,4)5/h27-28H,6-26H2,1-5H3/p+1. The third-order valence-corrected chi connectivity index (χ3v) is 6.84. The molecule has 2 atom stereocenters. The normalized spacial score (nSPS) is 13.5. The van der Waals surface area contributed by atoms with Crippen molar-refractivity contribution in [2.24, 2.45) is 5.92 Å². The van der Waals surface area contributed by atoms with Crippen LogP contribution in [-0.2, 0) is 14.3 Å². The number of ether oxygens (including phenoxy) is 1. The third kappa shape index (κ3) is 25.8. The van der Waals surface area contributed by atoms with Crippen molar-refractivity contribution in [1.29, 1.82) is 0 Å². The Labute approximate surface area is 218 Å². The zero-order valence-corrected chi connectivity index (χ0v) is 24.1. The second-order valence-corrected chi connectivity index (χ2v) is 11.9. The Morgan fingerprint density at radius 1 is 0.714 bits per heavy atom. The van der Waals surface area contributed by atoms with Crippen LogP contribution in [0, 0.1) is 5.92 Å². The summed E-state index contributed by atoms with van der Waals surface area (Å²) in [6, 6.07) is 0. The number of carbonyl (C=O) groups excluding carboxylic acids is 1. The van der Waals surface area contributed by atoms with Crippen LogP contribution in [0.3, 0.4) is 0 Å². The fourth-order valence-electron chi connectivity index (χ4n) is 4.74. The summed E-state index contributed by atoms with van der Waals surface area (Å²) in [7, 11) is 5.92. The minimum absolute atomic E-state index is 0.129. The first kappa shape index (κ1) is 33.9. The van der Waals surface area contributed by atoms with Gasteiger partial charge in [0.2, 0.25) is 0 Å². The maximum absolute atomic E-state index is 12.2. The zero-order chi connectivity index (χ0) is 26.4. The lowest BCUT2D eigenvalue weighted by Gasteiger charge is -2.28. The van der Waals surface area contributed by atoms with E-state index in [1.807, 2.05) is 21.1 Å². The third-order valence-electron chi connectivity index (χ3n) is 6.84. The first-order valence-electron chi connectivity index (χ1n) is 14.9. The lowest BCUT2D eigenvalue weighted by molar-refractivity contribution is -0.873. The Bertz CT molecular complexity index is 515. The van der Waals surface area contributed by atoms with Gasteiger partial charge in [-0.05, 0) is 12.3 Å². The number of carboxylic acid groups (broad SMARTS) is 1. The highest BCUT2D eigenvalue weighted by Crippen LogP contribution is 2.18. The summed E-state index contributed by atoms with van der Waals surface area (Å²) in [6.07, 6.45) is 23.8. The van der Waals surface area contributed by atoms with E-state index >= 15 is 0 Å². The van der Waals surface area contributed by atoms with Gasteiger partial charge in [-0.2, -0.15) is 0 Å². The molecular weight excluding hydrogens is 438 g/mol. The number of hydrogen-bond donors (Lipinski definition) is 1. The first-order chi connectivity index (χ1) is 16.6. The van der Waals surface area contributed by atoms with Crippen molar-refractivity contribution in [3.05, 3.63) is 0 Å². The second-order valence-electron chi connectivity index (χ2n) is 11.9. The van der Waals surface area contributed by atoms with Crippen molar-refractivity contribution < 1.29 is 23.9 Å². The lowest BCUT2D eigenvalue weighted by Crippen LogP contribution is -2.43. The van der Waals surface area contributed by atoms with Crippen LogP contribution < -0.4 is 0 Å². The summed E-state index contributed by atoms with van der Waals surface area (Å²) in [5, 5.41) is 9.08. The van der Waals surface area contributed by atoms with E-state index in [0.29, 0.717) is 23.4 Å². The Hall–Kier alpha value is -1.10. The number of hydrogen-bond acceptors (Lipinski definition) is 3. The van der Waals surface area contributed by atoms with Crippen molar-refractivity contribution in [3.8, 4) is 0 Å². The number of esters is 1. The van der Waals surface area contributed by atoms with Crippen LogP contribution in [0.15, 0.2) is 0 Å². The summed E-state index contributed by atoms with van der Waals surface area (Å²) in [5.41, 5.74) is 0. The van der Waals surface area contributed by atoms with E-state index < -0.39 is 12.1 Å². The number of nitrogens with zero attached hydrogens (tertiary/aromatic N) is 1. The highest BCUT2D eigenvalue weighted by Gasteiger charge is 2.24. The molecule has 1 N–H and O–H groups in total. The number of aliphatic carboxylic acids is 1. The quantitative estimate of drug-likeness (QED) is 0.0783. The molecule has 0 saturated heterocycles. The van der Waals surface area contributed by atoms with Gasteiger partial charge in [0, 0.05) is 6.42 Å². The summed E-state index contributed by atoms with van der Waals surface area (Å²) in [5.74, 6) is -0.679. The van der Waals surface area contributed by atoms with E-state index in [-0.39, 0.29) is 12.4 Å². The van der Waals surface area contributed by atoms with Gasteiger partial charge in [-0.15, -0.1) is 0 Å². The van der Waals surface area contributed by atoms with Crippen molar-refractivity contribution >= 4 is 11.9 Å². The summed E-state index contributed by atoms with van der Waals surface area (Å²) < 4.78 is 6.06. The van der Waals surface area contributed by atoms with E-state index in [1.165, 1.54) is 103 Å². The summed E-state index contributed by atoms with van der Waals surface area (Å²) in [4.78, 5) is 23.3. The van der Waals surface area contributed by atoms with Crippen LogP contribution in [-0.4, -0.2) is 55.3 Å². The van der Waals surface area contributed by atoms with Gasteiger partial charge in [0.15, 0.2) is 6.10 Å². The number of likely N-dealkylation sites (N-methyl/N-ethyl adjacent to an activating group) is 1. The number of rotatable bonds is 25. The zero-order valence-electron chi connectivity index (χ0n) is 24.1. The smallest absolute Gasteiger partial charge is 0.307 e. The molecular formula is C30H60NO4+. The van der Waals surface area contributed by atoms with E-state index in [2.05, 4.69) is 13.8 Å². The number of carboxylic acids is 1. The molecule has 0 radical (unpaired) electrons. The van der Waals surface area contributed by atoms with Crippen molar-refractivity contribution in [2.45, 2.75) is 148 Å². The predicted molar refractivity (Wildman–Crippen MR) is 148 cm³/mol. The molecule has 2 unspecified atom stereocenters. The van der Waals surface area contributed by atoms with Gasteiger partial charge < -0.3 is 14.3 Å². The van der Waals surface area contributed by atoms with Crippen LogP contribution in [0.25, 0.3) is 0 Å². The minimum Gasteiger partial charge on any atom is -0.481 e. The molecule has 0 bridgehead atoms. The van der Waals surface area contributed by atoms with Gasteiger partial charge in [-0.25, -0.2) is 0 Å². The number of carbonyl (C=O) groups is 2. The predicted octanol–water partition coefficient (Wildman–Crippen LogP) is 8.15. The van der Waals surface area contributed by atoms with Gasteiger partial charge in [0.1, 0.15) is 6.54 Å². The maximum atomic E-state index is 12.2. The first-order valence-corrected chi connectivity index (χ1v) is 14.9. The number of unbranched alkanes of at least 4 members (excludes halogenated alkanes) is 15. The largest absolute Gasteiger partial charge is 0.481 e. The molecule has 0 aliphatic heterocycles. The van der Waals surface area contributed by atoms with Crippen LogP contribution in [0.2, 0.25) is 0 Å². The second kappa shape index (κ2) is 22.1. The topological polar surface area (TPSA) is 63.6 Å². The van der Waals surface area contributed by atoms with Gasteiger partial charge in [-0.1, -0.05) is 123 Å². The van der Waals surface area contributed by atoms with Crippen molar-refractivity contribution in [3.63, 3.8) is 0 Å². The molecule has 0 spiro atoms. The molecule has 0 aliphatic carbocycles. The average Bonchev–Trinajstić information content (AvgIpc) is 2.75. The average molecular weight is 499 g/mol. The molecule has 208 valence electrons. The molecule has 5 heteroatoms.